The van der Waals surface area contributed by atoms with Gasteiger partial charge in [-0.05, 0) is 18.1 Å². The van der Waals surface area contributed by atoms with Gasteiger partial charge in [-0.3, -0.25) is 4.90 Å². The van der Waals surface area contributed by atoms with Crippen molar-refractivity contribution in [3.8, 4) is 0 Å². The smallest absolute Gasteiger partial charge is 0.127 e. The first-order chi connectivity index (χ1) is 8.29. The normalized spacial score (nSPS) is 17.3. The van der Waals surface area contributed by atoms with E-state index in [1.807, 2.05) is 12.1 Å². The largest absolute Gasteiger partial charge is 0.396 e. The summed E-state index contributed by atoms with van der Waals surface area (Å²) in [4.78, 5) is 2.25. The lowest BCUT2D eigenvalue weighted by molar-refractivity contribution is 0.230. The Labute approximate surface area is 101 Å². The highest BCUT2D eigenvalue weighted by molar-refractivity contribution is 5.24. The highest BCUT2D eigenvalue weighted by atomic mass is 19.1. The van der Waals surface area contributed by atoms with E-state index in [0.29, 0.717) is 13.0 Å². The van der Waals surface area contributed by atoms with Crippen LogP contribution in [0.5, 0.6) is 0 Å². The second-order valence-corrected chi connectivity index (χ2v) is 4.43. The highest BCUT2D eigenvalue weighted by Crippen LogP contribution is 2.13. The van der Waals surface area contributed by atoms with Crippen molar-refractivity contribution in [3.05, 3.63) is 35.1 Å². The molecule has 1 heterocycles. The van der Waals surface area contributed by atoms with E-state index in [-0.39, 0.29) is 12.4 Å². The van der Waals surface area contributed by atoms with Crippen molar-refractivity contribution in [1.29, 1.82) is 0 Å². The fourth-order valence-corrected chi connectivity index (χ4v) is 2.11. The Balaban J connectivity index is 2.00. The van der Waals surface area contributed by atoms with Crippen molar-refractivity contribution in [1.82, 2.24) is 10.2 Å². The third kappa shape index (κ3) is 3.49. The van der Waals surface area contributed by atoms with Crippen molar-refractivity contribution in [3.63, 3.8) is 0 Å². The Morgan fingerprint density at radius 3 is 2.71 bits per heavy atom. The van der Waals surface area contributed by atoms with Gasteiger partial charge in [-0.25, -0.2) is 4.39 Å². The third-order valence-electron chi connectivity index (χ3n) is 3.12. The summed E-state index contributed by atoms with van der Waals surface area (Å²) in [6.45, 7) is 4.63. The number of halogens is 1. The van der Waals surface area contributed by atoms with Gasteiger partial charge in [0, 0.05) is 44.9 Å². The van der Waals surface area contributed by atoms with Gasteiger partial charge >= 0.3 is 0 Å². The van der Waals surface area contributed by atoms with Crippen LogP contribution in [0.1, 0.15) is 11.1 Å². The van der Waals surface area contributed by atoms with Crippen molar-refractivity contribution in [2.75, 3.05) is 32.8 Å². The second kappa shape index (κ2) is 6.10. The average Bonchev–Trinajstić information content (AvgIpc) is 2.34. The monoisotopic (exact) mass is 238 g/mol. The Morgan fingerprint density at radius 2 is 2.06 bits per heavy atom. The summed E-state index contributed by atoms with van der Waals surface area (Å²) in [5, 5.41) is 12.1. The lowest BCUT2D eigenvalue weighted by Gasteiger charge is -2.27. The Kier molecular flexibility index (Phi) is 4.48. The minimum atomic E-state index is -0.158. The fraction of sp³-hybridized carbons (Fsp3) is 0.538. The molecule has 0 unspecified atom stereocenters. The summed E-state index contributed by atoms with van der Waals surface area (Å²) in [5.74, 6) is -0.158. The fourth-order valence-electron chi connectivity index (χ4n) is 2.11. The van der Waals surface area contributed by atoms with Crippen LogP contribution in [0.25, 0.3) is 0 Å². The molecular weight excluding hydrogens is 219 g/mol. The van der Waals surface area contributed by atoms with Crippen LogP contribution < -0.4 is 5.32 Å². The molecule has 0 spiro atoms. The van der Waals surface area contributed by atoms with Gasteiger partial charge in [0.1, 0.15) is 5.82 Å². The van der Waals surface area contributed by atoms with Gasteiger partial charge < -0.3 is 10.4 Å². The zero-order chi connectivity index (χ0) is 12.1. The molecule has 0 atom stereocenters. The summed E-state index contributed by atoms with van der Waals surface area (Å²) < 4.78 is 13.8. The lowest BCUT2D eigenvalue weighted by atomic mass is 10.1. The number of hydrogen-bond donors (Lipinski definition) is 2. The number of aliphatic hydroxyl groups is 1. The number of nitrogens with one attached hydrogen (secondary N) is 1. The Morgan fingerprint density at radius 1 is 1.29 bits per heavy atom. The molecule has 1 aliphatic heterocycles. The van der Waals surface area contributed by atoms with Crippen LogP contribution in [0.15, 0.2) is 18.2 Å². The summed E-state index contributed by atoms with van der Waals surface area (Å²) in [6.07, 6.45) is 0.519. The first-order valence-electron chi connectivity index (χ1n) is 6.11. The van der Waals surface area contributed by atoms with Crippen LogP contribution in [0, 0.1) is 5.82 Å². The number of nitrogens with zero attached hydrogens (tertiary/aromatic N) is 1. The quantitative estimate of drug-likeness (QED) is 0.813. The van der Waals surface area contributed by atoms with E-state index in [4.69, 9.17) is 5.11 Å². The SMILES string of the molecule is OCCc1ccc(CN2CCNCC2)c(F)c1. The molecule has 0 aromatic heterocycles. The van der Waals surface area contributed by atoms with Crippen LogP contribution in [-0.4, -0.2) is 42.8 Å². The molecule has 1 aliphatic rings. The van der Waals surface area contributed by atoms with Crippen LogP contribution >= 0.6 is 0 Å². The van der Waals surface area contributed by atoms with Gasteiger partial charge in [0.15, 0.2) is 0 Å². The van der Waals surface area contributed by atoms with E-state index < -0.39 is 0 Å². The van der Waals surface area contributed by atoms with Crippen molar-refractivity contribution in [2.45, 2.75) is 13.0 Å². The summed E-state index contributed by atoms with van der Waals surface area (Å²) in [7, 11) is 0. The predicted octanol–water partition coefficient (Wildman–Crippen LogP) is 0.766. The summed E-state index contributed by atoms with van der Waals surface area (Å²) >= 11 is 0. The predicted molar refractivity (Wildman–Crippen MR) is 65.3 cm³/mol. The van der Waals surface area contributed by atoms with E-state index >= 15 is 0 Å². The van der Waals surface area contributed by atoms with Crippen LogP contribution in [0.4, 0.5) is 4.39 Å². The highest BCUT2D eigenvalue weighted by Gasteiger charge is 2.12. The van der Waals surface area contributed by atoms with Gasteiger partial charge in [-0.15, -0.1) is 0 Å². The number of benzene rings is 1. The van der Waals surface area contributed by atoms with E-state index in [2.05, 4.69) is 10.2 Å². The number of hydrogen-bond acceptors (Lipinski definition) is 3. The molecule has 1 aromatic carbocycles. The molecule has 1 aromatic rings. The zero-order valence-electron chi connectivity index (χ0n) is 9.95. The van der Waals surface area contributed by atoms with Gasteiger partial charge in [-0.2, -0.15) is 0 Å². The maximum absolute atomic E-state index is 13.8. The third-order valence-corrected chi connectivity index (χ3v) is 3.12. The van der Waals surface area contributed by atoms with Crippen molar-refractivity contribution in [2.24, 2.45) is 0 Å². The maximum atomic E-state index is 13.8. The van der Waals surface area contributed by atoms with E-state index in [9.17, 15) is 4.39 Å². The van der Waals surface area contributed by atoms with E-state index in [1.165, 1.54) is 6.07 Å². The van der Waals surface area contributed by atoms with Crippen molar-refractivity contribution < 1.29 is 9.50 Å². The van der Waals surface area contributed by atoms with Gasteiger partial charge in [0.05, 0.1) is 0 Å². The van der Waals surface area contributed by atoms with Crippen LogP contribution in [-0.2, 0) is 13.0 Å². The maximum Gasteiger partial charge on any atom is 0.127 e. The average molecular weight is 238 g/mol. The Hall–Kier alpha value is -0.970. The molecule has 0 radical (unpaired) electrons. The van der Waals surface area contributed by atoms with E-state index in [0.717, 1.165) is 37.3 Å². The molecule has 0 bridgehead atoms. The minimum Gasteiger partial charge on any atom is -0.396 e. The molecule has 0 saturated carbocycles. The molecule has 0 amide bonds. The molecule has 3 nitrogen and oxygen atoms in total. The van der Waals surface area contributed by atoms with E-state index in [1.54, 1.807) is 0 Å². The molecular formula is C13H19FN2O. The number of aliphatic hydroxyl groups excluding tert-OH is 1. The molecule has 4 heteroatoms. The van der Waals surface area contributed by atoms with Gasteiger partial charge in [0.2, 0.25) is 0 Å². The van der Waals surface area contributed by atoms with Crippen LogP contribution in [0.2, 0.25) is 0 Å². The molecule has 1 saturated heterocycles. The van der Waals surface area contributed by atoms with Crippen molar-refractivity contribution >= 4 is 0 Å². The first-order valence-corrected chi connectivity index (χ1v) is 6.11. The van der Waals surface area contributed by atoms with Gasteiger partial charge in [0.25, 0.3) is 0 Å². The second-order valence-electron chi connectivity index (χ2n) is 4.43. The Bertz CT molecular complexity index is 364. The molecule has 2 rings (SSSR count). The van der Waals surface area contributed by atoms with Gasteiger partial charge in [-0.1, -0.05) is 12.1 Å². The molecule has 1 fully saturated rings. The lowest BCUT2D eigenvalue weighted by Crippen LogP contribution is -2.43. The molecule has 2 N–H and O–H groups in total. The number of rotatable bonds is 4. The molecule has 0 aliphatic carbocycles. The number of piperazine rings is 1. The van der Waals surface area contributed by atoms with Crippen LogP contribution in [0.3, 0.4) is 0 Å². The first kappa shape index (κ1) is 12.5. The summed E-state index contributed by atoms with van der Waals surface area (Å²) in [5.41, 5.74) is 1.60. The standard InChI is InChI=1S/C13H19FN2O/c14-13-9-11(3-8-17)1-2-12(13)10-16-6-4-15-5-7-16/h1-2,9,15,17H,3-8,10H2. The topological polar surface area (TPSA) is 35.5 Å². The molecule has 17 heavy (non-hydrogen) atoms. The molecule has 94 valence electrons. The minimum absolute atomic E-state index is 0.0661. The summed E-state index contributed by atoms with van der Waals surface area (Å²) in [6, 6.07) is 5.27. The zero-order valence-corrected chi connectivity index (χ0v) is 9.95.